The maximum Gasteiger partial charge on any atom is 0.224 e. The van der Waals surface area contributed by atoms with Gasteiger partial charge in [-0.25, -0.2) is 0 Å². The molecule has 1 aliphatic heterocycles. The van der Waals surface area contributed by atoms with Crippen molar-refractivity contribution in [2.75, 3.05) is 26.7 Å². The summed E-state index contributed by atoms with van der Waals surface area (Å²) in [5, 5.41) is 2.72. The van der Waals surface area contributed by atoms with Crippen molar-refractivity contribution >= 4 is 11.7 Å². The number of ketones is 1. The first kappa shape index (κ1) is 14.5. The van der Waals surface area contributed by atoms with Crippen LogP contribution >= 0.6 is 0 Å². The van der Waals surface area contributed by atoms with E-state index in [1.54, 1.807) is 7.05 Å². The average Bonchev–Trinajstić information content (AvgIpc) is 2.47. The fourth-order valence-electron chi connectivity index (χ4n) is 3.39. The summed E-state index contributed by atoms with van der Waals surface area (Å²) in [6.45, 7) is 2.27. The van der Waals surface area contributed by atoms with Crippen LogP contribution < -0.4 is 5.32 Å². The molecule has 0 aromatic carbocycles. The van der Waals surface area contributed by atoms with Gasteiger partial charge in [-0.15, -0.1) is 0 Å². The van der Waals surface area contributed by atoms with Crippen LogP contribution in [0.5, 0.6) is 0 Å². The Morgan fingerprint density at radius 2 is 1.74 bits per heavy atom. The van der Waals surface area contributed by atoms with Crippen LogP contribution in [0.25, 0.3) is 0 Å². The van der Waals surface area contributed by atoms with E-state index in [-0.39, 0.29) is 17.7 Å². The summed E-state index contributed by atoms with van der Waals surface area (Å²) < 4.78 is 0. The molecule has 2 rings (SSSR count). The van der Waals surface area contributed by atoms with Crippen molar-refractivity contribution in [2.24, 2.45) is 11.8 Å². The van der Waals surface area contributed by atoms with E-state index in [9.17, 15) is 9.59 Å². The number of Topliss-reactive ketones (excluding diaryl/α,β-unsaturated/α-hetero) is 1. The van der Waals surface area contributed by atoms with Crippen molar-refractivity contribution in [2.45, 2.75) is 44.9 Å². The Hall–Kier alpha value is -0.900. The molecular weight excluding hydrogens is 240 g/mol. The Kier molecular flexibility index (Phi) is 5.37. The second-order valence-corrected chi connectivity index (χ2v) is 5.99. The lowest BCUT2D eigenvalue weighted by atomic mass is 9.85. The average molecular weight is 266 g/mol. The third kappa shape index (κ3) is 4.03. The van der Waals surface area contributed by atoms with Crippen molar-refractivity contribution in [3.8, 4) is 0 Å². The highest BCUT2D eigenvalue weighted by molar-refractivity contribution is 5.83. The first-order valence-corrected chi connectivity index (χ1v) is 7.67. The first-order valence-electron chi connectivity index (χ1n) is 7.67. The molecule has 0 spiro atoms. The molecule has 1 unspecified atom stereocenters. The van der Waals surface area contributed by atoms with E-state index in [1.807, 2.05) is 0 Å². The monoisotopic (exact) mass is 266 g/mol. The van der Waals surface area contributed by atoms with Crippen molar-refractivity contribution in [1.29, 1.82) is 0 Å². The summed E-state index contributed by atoms with van der Waals surface area (Å²) in [4.78, 5) is 26.1. The predicted molar refractivity (Wildman–Crippen MR) is 74.8 cm³/mol. The van der Waals surface area contributed by atoms with Gasteiger partial charge in [0.1, 0.15) is 5.78 Å². The summed E-state index contributed by atoms with van der Waals surface area (Å²) in [6, 6.07) is 0. The van der Waals surface area contributed by atoms with Crippen LogP contribution in [0.2, 0.25) is 0 Å². The zero-order valence-corrected chi connectivity index (χ0v) is 12.0. The zero-order chi connectivity index (χ0) is 13.7. The Bertz CT molecular complexity index is 324. The second-order valence-electron chi connectivity index (χ2n) is 5.99. The molecule has 1 N–H and O–H groups in total. The van der Waals surface area contributed by atoms with E-state index in [0.29, 0.717) is 12.3 Å². The van der Waals surface area contributed by atoms with Crippen molar-refractivity contribution in [1.82, 2.24) is 10.2 Å². The molecule has 2 fully saturated rings. The largest absolute Gasteiger partial charge is 0.359 e. The van der Waals surface area contributed by atoms with Crippen LogP contribution in [0.15, 0.2) is 0 Å². The quantitative estimate of drug-likeness (QED) is 0.840. The van der Waals surface area contributed by atoms with Gasteiger partial charge in [0.2, 0.25) is 5.91 Å². The molecule has 1 aliphatic carbocycles. The summed E-state index contributed by atoms with van der Waals surface area (Å²) >= 11 is 0. The molecule has 4 heteroatoms. The van der Waals surface area contributed by atoms with Crippen LogP contribution in [0.1, 0.15) is 44.9 Å². The number of nitrogens with zero attached hydrogens (tertiary/aromatic N) is 1. The summed E-state index contributed by atoms with van der Waals surface area (Å²) in [7, 11) is 1.69. The molecule has 4 nitrogen and oxygen atoms in total. The van der Waals surface area contributed by atoms with E-state index >= 15 is 0 Å². The topological polar surface area (TPSA) is 49.4 Å². The second kappa shape index (κ2) is 7.04. The number of amides is 1. The number of hydrogen-bond acceptors (Lipinski definition) is 3. The number of rotatable bonds is 4. The summed E-state index contributed by atoms with van der Waals surface area (Å²) in [5.74, 6) is 0.874. The minimum atomic E-state index is 0.0675. The lowest BCUT2D eigenvalue weighted by Gasteiger charge is -2.32. The first-order chi connectivity index (χ1) is 9.20. The molecule has 1 atom stereocenters. The van der Waals surface area contributed by atoms with Crippen LogP contribution in [0.4, 0.5) is 0 Å². The normalized spacial score (nSPS) is 26.1. The number of carbonyl (C=O) groups excluding carboxylic acids is 2. The molecular formula is C15H26N2O2. The highest BCUT2D eigenvalue weighted by Gasteiger charge is 2.28. The van der Waals surface area contributed by atoms with Gasteiger partial charge in [-0.1, -0.05) is 19.3 Å². The van der Waals surface area contributed by atoms with Crippen LogP contribution in [-0.4, -0.2) is 43.3 Å². The fraction of sp³-hybridized carbons (Fsp3) is 0.867. The molecule has 1 saturated carbocycles. The standard InChI is InChI=1S/C15H26N2O2/c1-16-15(19)13-8-5-9-17(10-13)11-14(18)12-6-3-2-4-7-12/h12-13H,2-11H2,1H3,(H,16,19). The van der Waals surface area contributed by atoms with E-state index in [1.165, 1.54) is 19.3 Å². The lowest BCUT2D eigenvalue weighted by Crippen LogP contribution is -2.45. The van der Waals surface area contributed by atoms with Gasteiger partial charge in [0.15, 0.2) is 0 Å². The predicted octanol–water partition coefficient (Wildman–Crippen LogP) is 1.59. The third-order valence-electron chi connectivity index (χ3n) is 4.56. The van der Waals surface area contributed by atoms with Gasteiger partial charge in [-0.2, -0.15) is 0 Å². The van der Waals surface area contributed by atoms with Crippen molar-refractivity contribution in [3.63, 3.8) is 0 Å². The van der Waals surface area contributed by atoms with Gasteiger partial charge < -0.3 is 5.32 Å². The van der Waals surface area contributed by atoms with Gasteiger partial charge >= 0.3 is 0 Å². The summed E-state index contributed by atoms with van der Waals surface area (Å²) in [5.41, 5.74) is 0. The Labute approximate surface area is 115 Å². The Morgan fingerprint density at radius 3 is 2.42 bits per heavy atom. The number of piperidine rings is 1. The molecule has 0 radical (unpaired) electrons. The molecule has 2 aliphatic rings. The Morgan fingerprint density at radius 1 is 1.05 bits per heavy atom. The maximum absolute atomic E-state index is 12.3. The number of hydrogen-bond donors (Lipinski definition) is 1. The van der Waals surface area contributed by atoms with Crippen LogP contribution in [0, 0.1) is 11.8 Å². The van der Waals surface area contributed by atoms with Crippen molar-refractivity contribution in [3.05, 3.63) is 0 Å². The van der Waals surface area contributed by atoms with Crippen LogP contribution in [-0.2, 0) is 9.59 Å². The van der Waals surface area contributed by atoms with Gasteiger partial charge in [0, 0.05) is 19.5 Å². The fourth-order valence-corrected chi connectivity index (χ4v) is 3.39. The van der Waals surface area contributed by atoms with E-state index < -0.39 is 0 Å². The SMILES string of the molecule is CNC(=O)C1CCCN(CC(=O)C2CCCCC2)C1. The van der Waals surface area contributed by atoms with Crippen molar-refractivity contribution < 1.29 is 9.59 Å². The maximum atomic E-state index is 12.3. The smallest absolute Gasteiger partial charge is 0.224 e. The highest BCUT2D eigenvalue weighted by atomic mass is 16.2. The molecule has 108 valence electrons. The van der Waals surface area contributed by atoms with E-state index in [4.69, 9.17) is 0 Å². The van der Waals surface area contributed by atoms with Gasteiger partial charge in [-0.05, 0) is 32.2 Å². The molecule has 1 heterocycles. The van der Waals surface area contributed by atoms with E-state index in [2.05, 4.69) is 10.2 Å². The minimum Gasteiger partial charge on any atom is -0.359 e. The lowest BCUT2D eigenvalue weighted by molar-refractivity contribution is -0.129. The summed E-state index contributed by atoms with van der Waals surface area (Å²) in [6.07, 6.45) is 7.82. The van der Waals surface area contributed by atoms with Crippen LogP contribution in [0.3, 0.4) is 0 Å². The zero-order valence-electron chi connectivity index (χ0n) is 12.0. The minimum absolute atomic E-state index is 0.0675. The number of nitrogens with one attached hydrogen (secondary N) is 1. The van der Waals surface area contributed by atoms with Gasteiger partial charge in [0.05, 0.1) is 12.5 Å². The molecule has 0 bridgehead atoms. The molecule has 0 aromatic heterocycles. The highest BCUT2D eigenvalue weighted by Crippen LogP contribution is 2.25. The number of likely N-dealkylation sites (tertiary alicyclic amines) is 1. The molecule has 19 heavy (non-hydrogen) atoms. The molecule has 0 aromatic rings. The Balaban J connectivity index is 1.81. The number of carbonyl (C=O) groups is 2. The van der Waals surface area contributed by atoms with Gasteiger partial charge in [0.25, 0.3) is 0 Å². The van der Waals surface area contributed by atoms with Gasteiger partial charge in [-0.3, -0.25) is 14.5 Å². The third-order valence-corrected chi connectivity index (χ3v) is 4.56. The van der Waals surface area contributed by atoms with E-state index in [0.717, 1.165) is 38.8 Å². The molecule has 1 saturated heterocycles. The molecule has 1 amide bonds.